The molecule has 190 valence electrons. The summed E-state index contributed by atoms with van der Waals surface area (Å²) >= 11 is 1.62. The average Bonchev–Trinajstić information content (AvgIpc) is 3.27. The van der Waals surface area contributed by atoms with E-state index in [0.717, 1.165) is 61.3 Å². The number of aromatic nitrogens is 2. The van der Waals surface area contributed by atoms with Gasteiger partial charge in [-0.05, 0) is 50.2 Å². The van der Waals surface area contributed by atoms with E-state index in [1.165, 1.54) is 5.56 Å². The number of thioether (sulfide) groups is 1. The molecule has 0 saturated carbocycles. The summed E-state index contributed by atoms with van der Waals surface area (Å²) in [6, 6.07) is 11.7. The number of likely N-dealkylation sites (N-methyl/N-ethyl adjacent to an activating group) is 1. The van der Waals surface area contributed by atoms with Gasteiger partial charge < -0.3 is 14.7 Å². The number of fused-ring (bicyclic) bond motifs is 1. The average molecular weight is 508 g/mol. The van der Waals surface area contributed by atoms with Crippen LogP contribution in [0.2, 0.25) is 0 Å². The van der Waals surface area contributed by atoms with Crippen molar-refractivity contribution in [2.75, 3.05) is 32.4 Å². The van der Waals surface area contributed by atoms with Crippen molar-refractivity contribution < 1.29 is 9.59 Å². The molecule has 0 bridgehead atoms. The van der Waals surface area contributed by atoms with Crippen LogP contribution >= 0.6 is 11.8 Å². The highest BCUT2D eigenvalue weighted by Gasteiger charge is 2.49. The molecule has 2 fully saturated rings. The van der Waals surface area contributed by atoms with Gasteiger partial charge in [0.25, 0.3) is 5.91 Å². The number of guanidine groups is 1. The number of carbonyl (C=O) groups is 2. The molecule has 2 aromatic rings. The molecule has 3 aliphatic rings. The molecule has 0 radical (unpaired) electrons. The van der Waals surface area contributed by atoms with E-state index in [2.05, 4.69) is 55.4 Å². The number of nitrogens with zero attached hydrogens (tertiary/aromatic N) is 6. The molecular weight excluding hydrogens is 474 g/mol. The standard InChI is InChI=1S/C26H33N7O2S/c1-18-9-12-27-24(28-18)36-16-6-13-33-21-22(31(2)26(35)30-23(21)34)29-25(33)32-14-10-20(11-15-32)17-19-7-4-3-5-8-19/h3-5,7-9,12,20-22H,6,10-11,13-17H2,1-2H3,(H,30,34,35). The van der Waals surface area contributed by atoms with Gasteiger partial charge in [-0.25, -0.2) is 19.8 Å². The molecule has 9 nitrogen and oxygen atoms in total. The number of likely N-dealkylation sites (tertiary alicyclic amines) is 1. The van der Waals surface area contributed by atoms with Gasteiger partial charge in [0, 0.05) is 44.3 Å². The van der Waals surface area contributed by atoms with Gasteiger partial charge in [0.1, 0.15) is 0 Å². The van der Waals surface area contributed by atoms with Gasteiger partial charge in [0.15, 0.2) is 23.3 Å². The van der Waals surface area contributed by atoms with Crippen LogP contribution in [0, 0.1) is 12.8 Å². The second-order valence-corrected chi connectivity index (χ2v) is 10.8. The number of piperidine rings is 1. The van der Waals surface area contributed by atoms with E-state index < -0.39 is 12.2 Å². The van der Waals surface area contributed by atoms with Crippen molar-refractivity contribution in [1.82, 2.24) is 30.0 Å². The molecule has 1 N–H and O–H groups in total. The Morgan fingerprint density at radius 2 is 1.89 bits per heavy atom. The number of urea groups is 1. The van der Waals surface area contributed by atoms with E-state index in [9.17, 15) is 9.59 Å². The van der Waals surface area contributed by atoms with E-state index in [1.54, 1.807) is 29.9 Å². The Kier molecular flexibility index (Phi) is 7.41. The number of carbonyl (C=O) groups excluding carboxylic acids is 2. The lowest BCUT2D eigenvalue weighted by molar-refractivity contribution is -0.127. The van der Waals surface area contributed by atoms with Crippen LogP contribution in [0.15, 0.2) is 52.7 Å². The zero-order valence-corrected chi connectivity index (χ0v) is 21.7. The summed E-state index contributed by atoms with van der Waals surface area (Å²) in [6.45, 7) is 4.44. The van der Waals surface area contributed by atoms with E-state index in [1.807, 2.05) is 13.0 Å². The molecular formula is C26H33N7O2S. The summed E-state index contributed by atoms with van der Waals surface area (Å²) in [6.07, 6.45) is 5.39. The number of amides is 3. The van der Waals surface area contributed by atoms with Crippen molar-refractivity contribution in [3.63, 3.8) is 0 Å². The zero-order chi connectivity index (χ0) is 25.1. The maximum atomic E-state index is 12.9. The molecule has 2 saturated heterocycles. The van der Waals surface area contributed by atoms with Crippen molar-refractivity contribution in [2.24, 2.45) is 10.9 Å². The molecule has 3 aliphatic heterocycles. The Bertz CT molecular complexity index is 1120. The predicted octanol–water partition coefficient (Wildman–Crippen LogP) is 2.77. The first-order chi connectivity index (χ1) is 17.5. The number of aryl methyl sites for hydroxylation is 1. The molecule has 5 rings (SSSR count). The van der Waals surface area contributed by atoms with Crippen LogP contribution in [0.5, 0.6) is 0 Å². The van der Waals surface area contributed by atoms with Gasteiger partial charge >= 0.3 is 6.03 Å². The number of imide groups is 1. The molecule has 1 aromatic carbocycles. The molecule has 0 spiro atoms. The fourth-order valence-corrected chi connectivity index (χ4v) is 5.99. The molecule has 2 unspecified atom stereocenters. The third-order valence-corrected chi connectivity index (χ3v) is 8.10. The third kappa shape index (κ3) is 5.33. The minimum atomic E-state index is -0.495. The minimum Gasteiger partial charge on any atom is -0.343 e. The molecule has 3 amide bonds. The molecule has 36 heavy (non-hydrogen) atoms. The number of rotatable bonds is 7. The summed E-state index contributed by atoms with van der Waals surface area (Å²) in [5.74, 6) is 2.05. The van der Waals surface area contributed by atoms with Crippen molar-refractivity contribution in [3.05, 3.63) is 53.9 Å². The third-order valence-electron chi connectivity index (χ3n) is 7.15. The highest BCUT2D eigenvalue weighted by atomic mass is 32.2. The maximum Gasteiger partial charge on any atom is 0.325 e. The van der Waals surface area contributed by atoms with Crippen LogP contribution in [-0.4, -0.2) is 87.2 Å². The molecule has 2 atom stereocenters. The highest BCUT2D eigenvalue weighted by molar-refractivity contribution is 7.99. The van der Waals surface area contributed by atoms with Crippen LogP contribution < -0.4 is 5.32 Å². The van der Waals surface area contributed by atoms with Crippen molar-refractivity contribution >= 4 is 29.7 Å². The van der Waals surface area contributed by atoms with Gasteiger partial charge in [-0.2, -0.15) is 0 Å². The SMILES string of the molecule is Cc1ccnc(SCCCN2C(N3CCC(Cc4ccccc4)CC3)=NC3C2C(=O)NC(=O)N3C)n1. The second-order valence-electron chi connectivity index (χ2n) is 9.69. The topological polar surface area (TPSA) is 94.0 Å². The highest BCUT2D eigenvalue weighted by Crippen LogP contribution is 2.29. The first kappa shape index (κ1) is 24.5. The predicted molar refractivity (Wildman–Crippen MR) is 140 cm³/mol. The Labute approximate surface area is 216 Å². The molecule has 1 aromatic heterocycles. The van der Waals surface area contributed by atoms with E-state index in [-0.39, 0.29) is 11.9 Å². The summed E-state index contributed by atoms with van der Waals surface area (Å²) < 4.78 is 0. The maximum absolute atomic E-state index is 12.9. The normalized spacial score (nSPS) is 22.5. The van der Waals surface area contributed by atoms with Crippen molar-refractivity contribution in [1.29, 1.82) is 0 Å². The molecule has 0 aliphatic carbocycles. The Morgan fingerprint density at radius 3 is 2.64 bits per heavy atom. The summed E-state index contributed by atoms with van der Waals surface area (Å²) in [5, 5.41) is 3.27. The zero-order valence-electron chi connectivity index (χ0n) is 20.8. The van der Waals surface area contributed by atoms with Crippen LogP contribution in [0.4, 0.5) is 4.79 Å². The van der Waals surface area contributed by atoms with Crippen LogP contribution in [0.1, 0.15) is 30.5 Å². The summed E-state index contributed by atoms with van der Waals surface area (Å²) in [7, 11) is 1.71. The van der Waals surface area contributed by atoms with Gasteiger partial charge in [0.05, 0.1) is 0 Å². The molecule has 4 heterocycles. The van der Waals surface area contributed by atoms with E-state index >= 15 is 0 Å². The number of aliphatic imine (C=N–C) groups is 1. The first-order valence-corrected chi connectivity index (χ1v) is 13.6. The number of benzene rings is 1. The Hall–Kier alpha value is -3.14. The fraction of sp³-hybridized carbons (Fsp3) is 0.500. The van der Waals surface area contributed by atoms with E-state index in [4.69, 9.17) is 4.99 Å². The van der Waals surface area contributed by atoms with Crippen LogP contribution in [0.25, 0.3) is 0 Å². The van der Waals surface area contributed by atoms with Gasteiger partial charge in [-0.15, -0.1) is 0 Å². The van der Waals surface area contributed by atoms with E-state index in [0.29, 0.717) is 12.5 Å². The second kappa shape index (κ2) is 10.9. The number of hydrogen-bond donors (Lipinski definition) is 1. The summed E-state index contributed by atoms with van der Waals surface area (Å²) in [4.78, 5) is 44.9. The quantitative estimate of drug-likeness (QED) is 0.350. The lowest BCUT2D eigenvalue weighted by Gasteiger charge is -2.39. The largest absolute Gasteiger partial charge is 0.343 e. The number of hydrogen-bond acceptors (Lipinski definition) is 8. The minimum absolute atomic E-state index is 0.268. The van der Waals surface area contributed by atoms with Crippen LogP contribution in [0.3, 0.4) is 0 Å². The smallest absolute Gasteiger partial charge is 0.325 e. The van der Waals surface area contributed by atoms with Gasteiger partial charge in [0.2, 0.25) is 0 Å². The van der Waals surface area contributed by atoms with Crippen LogP contribution in [-0.2, 0) is 11.2 Å². The molecule has 10 heteroatoms. The van der Waals surface area contributed by atoms with Gasteiger partial charge in [-0.1, -0.05) is 42.1 Å². The Morgan fingerprint density at radius 1 is 1.11 bits per heavy atom. The fourth-order valence-electron chi connectivity index (χ4n) is 5.19. The first-order valence-electron chi connectivity index (χ1n) is 12.6. The lowest BCUT2D eigenvalue weighted by atomic mass is 9.90. The van der Waals surface area contributed by atoms with Crippen molar-refractivity contribution in [2.45, 2.75) is 50.0 Å². The Balaban J connectivity index is 1.24. The van der Waals surface area contributed by atoms with Crippen molar-refractivity contribution in [3.8, 4) is 0 Å². The van der Waals surface area contributed by atoms with Gasteiger partial charge in [-0.3, -0.25) is 10.1 Å². The lowest BCUT2D eigenvalue weighted by Crippen LogP contribution is -2.64. The summed E-state index contributed by atoms with van der Waals surface area (Å²) in [5.41, 5.74) is 2.33. The number of nitrogens with one attached hydrogen (secondary N) is 1. The monoisotopic (exact) mass is 507 g/mol.